The van der Waals surface area contributed by atoms with Crippen LogP contribution in [0.4, 0.5) is 0 Å². The molecule has 0 bridgehead atoms. The second kappa shape index (κ2) is 13.1. The summed E-state index contributed by atoms with van der Waals surface area (Å²) in [6.07, 6.45) is -0.307. The number of nitrogens with zero attached hydrogens (tertiary/aromatic N) is 3. The van der Waals surface area contributed by atoms with Crippen molar-refractivity contribution in [2.75, 3.05) is 0 Å². The van der Waals surface area contributed by atoms with E-state index in [0.717, 1.165) is 61.2 Å². The summed E-state index contributed by atoms with van der Waals surface area (Å²) < 4.78 is 8.99. The van der Waals surface area contributed by atoms with E-state index in [9.17, 15) is 0 Å². The van der Waals surface area contributed by atoms with Gasteiger partial charge in [0.2, 0.25) is 0 Å². The number of hydrogen-bond donors (Lipinski definition) is 1. The molecule has 0 fully saturated rings. The number of para-hydroxylation sites is 1. The molecule has 264 valence electrons. The predicted molar refractivity (Wildman–Crippen MR) is 231 cm³/mol. The standard InChI is InChI=1S/C51H34N4O/c1-5-16-33(17-6-1)37-30-41(34-18-7-2-8-19-34)47-39-24-13-14-26-43(39)55(44(47)31-37)38-28-29-45-42(32-38)48-40(25-15-27-46(48)56-45)51-53-49(35-20-9-3-10-21-35)52-50(54-51)36-22-11-4-12-23-36/h1-32,49H,(H,52,53,54). The zero-order valence-corrected chi connectivity index (χ0v) is 30.3. The highest BCUT2D eigenvalue weighted by Crippen LogP contribution is 2.43. The van der Waals surface area contributed by atoms with Gasteiger partial charge in [0.25, 0.3) is 0 Å². The average molecular weight is 719 g/mol. The van der Waals surface area contributed by atoms with Gasteiger partial charge in [-0.15, -0.1) is 0 Å². The molecule has 0 aliphatic carbocycles. The fourth-order valence-electron chi connectivity index (χ4n) is 8.28. The maximum Gasteiger partial charge on any atom is 0.160 e. The van der Waals surface area contributed by atoms with Crippen molar-refractivity contribution < 1.29 is 4.42 Å². The maximum atomic E-state index is 6.58. The molecule has 0 saturated heterocycles. The van der Waals surface area contributed by atoms with E-state index in [1.165, 1.54) is 33.0 Å². The minimum Gasteiger partial charge on any atom is -0.456 e. The first kappa shape index (κ1) is 32.0. The zero-order chi connectivity index (χ0) is 37.0. The van der Waals surface area contributed by atoms with E-state index in [1.54, 1.807) is 0 Å². The van der Waals surface area contributed by atoms with Crippen LogP contribution in [0.5, 0.6) is 0 Å². The average Bonchev–Trinajstić information content (AvgIpc) is 3.82. The molecule has 1 N–H and O–H groups in total. The van der Waals surface area contributed by atoms with Gasteiger partial charge in [-0.05, 0) is 70.3 Å². The van der Waals surface area contributed by atoms with Gasteiger partial charge in [-0.2, -0.15) is 0 Å². The monoisotopic (exact) mass is 718 g/mol. The molecule has 5 heteroatoms. The number of amidine groups is 2. The lowest BCUT2D eigenvalue weighted by Crippen LogP contribution is -2.33. The van der Waals surface area contributed by atoms with Gasteiger partial charge in [-0.1, -0.05) is 152 Å². The van der Waals surface area contributed by atoms with Gasteiger partial charge in [-0.3, -0.25) is 0 Å². The van der Waals surface area contributed by atoms with Crippen molar-refractivity contribution in [3.63, 3.8) is 0 Å². The second-order valence-corrected chi connectivity index (χ2v) is 14.2. The highest BCUT2D eigenvalue weighted by Gasteiger charge is 2.24. The number of aromatic nitrogens is 1. The van der Waals surface area contributed by atoms with Gasteiger partial charge in [-0.25, -0.2) is 9.98 Å². The Balaban J connectivity index is 1.16. The molecule has 0 saturated carbocycles. The third-order valence-corrected chi connectivity index (χ3v) is 10.8. The van der Waals surface area contributed by atoms with E-state index in [-0.39, 0.29) is 6.17 Å². The van der Waals surface area contributed by atoms with Crippen molar-refractivity contribution in [1.82, 2.24) is 9.88 Å². The summed E-state index contributed by atoms with van der Waals surface area (Å²) in [4.78, 5) is 10.4. The SMILES string of the molecule is c1ccc(C2=NC(c3cccc4oc5ccc(-n6c7ccccc7c7c(-c8ccccc8)cc(-c8ccccc8)cc76)cc5c34)=NC(c3ccccc3)N2)cc1. The Kier molecular flexibility index (Phi) is 7.49. The molecule has 1 unspecified atom stereocenters. The Labute approximate surface area is 323 Å². The topological polar surface area (TPSA) is 54.8 Å². The van der Waals surface area contributed by atoms with Crippen LogP contribution >= 0.6 is 0 Å². The van der Waals surface area contributed by atoms with E-state index in [0.29, 0.717) is 5.84 Å². The van der Waals surface area contributed by atoms with Crippen LogP contribution in [0, 0.1) is 0 Å². The molecule has 0 radical (unpaired) electrons. The first-order chi connectivity index (χ1) is 27.8. The van der Waals surface area contributed by atoms with E-state index in [4.69, 9.17) is 14.4 Å². The van der Waals surface area contributed by atoms with Crippen molar-refractivity contribution in [2.24, 2.45) is 9.98 Å². The van der Waals surface area contributed by atoms with E-state index in [2.05, 4.69) is 155 Å². The predicted octanol–water partition coefficient (Wildman–Crippen LogP) is 12.5. The molecule has 0 amide bonds. The van der Waals surface area contributed by atoms with Crippen LogP contribution in [0.15, 0.2) is 209 Å². The third kappa shape index (κ3) is 5.32. The molecule has 3 heterocycles. The molecule has 11 rings (SSSR count). The minimum atomic E-state index is -0.307. The van der Waals surface area contributed by atoms with E-state index in [1.807, 2.05) is 48.5 Å². The van der Waals surface area contributed by atoms with Crippen molar-refractivity contribution in [1.29, 1.82) is 0 Å². The van der Waals surface area contributed by atoms with Gasteiger partial charge in [0, 0.05) is 38.4 Å². The number of furan rings is 1. The normalized spacial score (nSPS) is 14.2. The molecule has 1 aliphatic rings. The first-order valence-electron chi connectivity index (χ1n) is 18.9. The highest BCUT2D eigenvalue weighted by molar-refractivity contribution is 6.22. The van der Waals surface area contributed by atoms with Crippen LogP contribution in [0.3, 0.4) is 0 Å². The summed E-state index contributed by atoms with van der Waals surface area (Å²) in [6.45, 7) is 0. The maximum absolute atomic E-state index is 6.58. The number of aliphatic imine (C=N–C) groups is 2. The second-order valence-electron chi connectivity index (χ2n) is 14.2. The molecule has 2 aromatic heterocycles. The summed E-state index contributed by atoms with van der Waals surface area (Å²) in [5.41, 5.74) is 12.7. The van der Waals surface area contributed by atoms with Crippen molar-refractivity contribution in [3.05, 3.63) is 211 Å². The molecule has 1 atom stereocenters. The van der Waals surface area contributed by atoms with Gasteiger partial charge in [0.1, 0.15) is 23.2 Å². The van der Waals surface area contributed by atoms with Crippen LogP contribution < -0.4 is 5.32 Å². The van der Waals surface area contributed by atoms with E-state index < -0.39 is 0 Å². The van der Waals surface area contributed by atoms with Crippen LogP contribution in [0.25, 0.3) is 71.7 Å². The van der Waals surface area contributed by atoms with Crippen LogP contribution in [-0.4, -0.2) is 16.2 Å². The smallest absolute Gasteiger partial charge is 0.160 e. The Morgan fingerprint density at radius 1 is 0.464 bits per heavy atom. The molecular weight excluding hydrogens is 685 g/mol. The molecule has 8 aromatic carbocycles. The summed E-state index contributed by atoms with van der Waals surface area (Å²) in [7, 11) is 0. The van der Waals surface area contributed by atoms with Gasteiger partial charge >= 0.3 is 0 Å². The summed E-state index contributed by atoms with van der Waals surface area (Å²) >= 11 is 0. The Morgan fingerprint density at radius 3 is 1.91 bits per heavy atom. The summed E-state index contributed by atoms with van der Waals surface area (Å²) in [5, 5.41) is 8.03. The van der Waals surface area contributed by atoms with E-state index >= 15 is 0 Å². The molecular formula is C51H34N4O. The van der Waals surface area contributed by atoms with Crippen LogP contribution in [0.1, 0.15) is 22.9 Å². The Hall–Kier alpha value is -7.50. The van der Waals surface area contributed by atoms with Gasteiger partial charge < -0.3 is 14.3 Å². The van der Waals surface area contributed by atoms with Crippen molar-refractivity contribution in [3.8, 4) is 27.9 Å². The van der Waals surface area contributed by atoms with Crippen LogP contribution in [-0.2, 0) is 0 Å². The summed E-state index contributed by atoms with van der Waals surface area (Å²) in [5.74, 6) is 1.44. The fraction of sp³-hybridized carbons (Fsp3) is 0.0196. The first-order valence-corrected chi connectivity index (χ1v) is 18.9. The lowest BCUT2D eigenvalue weighted by molar-refractivity contribution is 0.668. The van der Waals surface area contributed by atoms with Crippen LogP contribution in [0.2, 0.25) is 0 Å². The lowest BCUT2D eigenvalue weighted by Gasteiger charge is -2.23. The zero-order valence-electron chi connectivity index (χ0n) is 30.3. The number of nitrogens with one attached hydrogen (secondary N) is 1. The molecule has 0 spiro atoms. The quantitative estimate of drug-likeness (QED) is 0.186. The van der Waals surface area contributed by atoms with Gasteiger partial charge in [0.15, 0.2) is 5.84 Å². The number of hydrogen-bond acceptors (Lipinski definition) is 4. The fourth-order valence-corrected chi connectivity index (χ4v) is 8.28. The Morgan fingerprint density at radius 2 is 1.14 bits per heavy atom. The Bertz CT molecular complexity index is 3140. The summed E-state index contributed by atoms with van der Waals surface area (Å²) in [6, 6.07) is 68.1. The third-order valence-electron chi connectivity index (χ3n) is 10.8. The molecule has 5 nitrogen and oxygen atoms in total. The number of rotatable bonds is 6. The van der Waals surface area contributed by atoms with Gasteiger partial charge in [0.05, 0.1) is 11.0 Å². The molecule has 56 heavy (non-hydrogen) atoms. The number of fused-ring (bicyclic) bond motifs is 6. The highest BCUT2D eigenvalue weighted by atomic mass is 16.3. The van der Waals surface area contributed by atoms with Crippen molar-refractivity contribution >= 4 is 55.4 Å². The lowest BCUT2D eigenvalue weighted by atomic mass is 9.94. The van der Waals surface area contributed by atoms with Crippen molar-refractivity contribution in [2.45, 2.75) is 6.17 Å². The molecule has 1 aliphatic heterocycles. The minimum absolute atomic E-state index is 0.307. The largest absolute Gasteiger partial charge is 0.456 e. The molecule has 10 aromatic rings. The number of benzene rings is 8.